The minimum atomic E-state index is -6.15. The molecule has 11 aromatic carbocycles. The number of allylic oxidation sites excluding steroid dienone is 4. The molecule has 4 heterocycles. The summed E-state index contributed by atoms with van der Waals surface area (Å²) in [5.74, 6) is -22.1. The topological polar surface area (TPSA) is 71.5 Å². The number of aliphatic imine (C=N–C) groups is 2. The Morgan fingerprint density at radius 2 is 0.574 bits per heavy atom. The summed E-state index contributed by atoms with van der Waals surface area (Å²) in [5.41, 5.74) is 10.7. The maximum Gasteiger partial charge on any atom is 0.598 e. The Bertz CT molecular complexity index is 6310. The van der Waals surface area contributed by atoms with E-state index in [1.165, 1.54) is 26.0 Å². The van der Waals surface area contributed by atoms with Gasteiger partial charge in [-0.3, -0.25) is 9.98 Å². The van der Waals surface area contributed by atoms with Crippen LogP contribution in [0.1, 0.15) is 72.7 Å². The van der Waals surface area contributed by atoms with Crippen LogP contribution in [0, 0.1) is 27.7 Å². The highest BCUT2D eigenvalue weighted by molar-refractivity contribution is 6.44. The van der Waals surface area contributed by atoms with E-state index in [4.69, 9.17) is 28.6 Å². The third kappa shape index (κ3) is 16.6. The smallest absolute Gasteiger partial charge is 0.385 e. The van der Waals surface area contributed by atoms with Crippen molar-refractivity contribution in [1.82, 2.24) is 8.96 Å². The number of rotatable bonds is 21. The van der Waals surface area contributed by atoms with Crippen molar-refractivity contribution < 1.29 is 106 Å². The van der Waals surface area contributed by atoms with Gasteiger partial charge in [-0.1, -0.05) is 194 Å². The van der Waals surface area contributed by atoms with Gasteiger partial charge < -0.3 is 27.6 Å². The fraction of sp³-hybridized carbons (Fsp3) is 0.217. The summed E-state index contributed by atoms with van der Waals surface area (Å²) in [6, 6.07) is 69.4. The molecule has 0 bridgehead atoms. The van der Waals surface area contributed by atoms with Crippen LogP contribution in [0.2, 0.25) is 0 Å². The van der Waals surface area contributed by atoms with E-state index in [-0.39, 0.29) is 33.9 Å². The first-order chi connectivity index (χ1) is 57.4. The molecule has 2 aliphatic rings. The van der Waals surface area contributed by atoms with E-state index in [9.17, 15) is 87.8 Å². The van der Waals surface area contributed by atoms with Crippen molar-refractivity contribution in [2.24, 2.45) is 9.98 Å². The van der Waals surface area contributed by atoms with Crippen LogP contribution in [0.3, 0.4) is 0 Å². The van der Waals surface area contributed by atoms with Crippen molar-refractivity contribution >= 4 is 102 Å². The molecule has 0 saturated carbocycles. The Labute approximate surface area is 685 Å². The standard InChI is InChI=1S/C49H37BF10N2O2.C43H33BF10N2O2/c1-28-23-30(3)61-44(28)43(45-29(2)24-31(4)62(45)50(63-26-46(51,52)48(55,56)57)64-27-47(53,54)49(58,59)60)34-20-18-33(19-21-34)41-37-13-7-9-15-39(37)42(40-16-10-8-14-38(40)41)36-22-17-32-11-5-6-12-35(32)25-36;1-24-19-26(3)55-38(24)37(39-25(2)20-27(4)56(39)44(57-22-40(45,46)42(49,50)51)58-23-41(47,48)43(52,53)54)36-33-15-9-7-13-31(33)35(32-14-8-10-16-34(32)36)30-18-17-28-11-5-6-12-29(28)21-30/h5-25H,26-27H2,1-4H3;5-21H,22-23H2,1-4H3/b44-43-;38-37-. The number of aromatic nitrogens is 2. The fourth-order valence-electron chi connectivity index (χ4n) is 15.8. The molecule has 0 amide bonds. The molecule has 8 nitrogen and oxygen atoms in total. The number of fused-ring (bicyclic) bond motifs is 6. The van der Waals surface area contributed by atoms with E-state index >= 15 is 0 Å². The zero-order chi connectivity index (χ0) is 87.9. The second-order valence-electron chi connectivity index (χ2n) is 30.0. The predicted molar refractivity (Wildman–Crippen MR) is 438 cm³/mol. The average molecular weight is 1700 g/mol. The molecule has 0 N–H and O–H groups in total. The first kappa shape index (κ1) is 86.8. The molecule has 0 atom stereocenters. The van der Waals surface area contributed by atoms with Gasteiger partial charge in [0.15, 0.2) is 0 Å². The Morgan fingerprint density at radius 3 is 0.885 bits per heavy atom. The number of benzene rings is 11. The van der Waals surface area contributed by atoms with Crippen molar-refractivity contribution in [3.8, 4) is 33.4 Å². The zero-order valence-corrected chi connectivity index (χ0v) is 65.9. The Hall–Kier alpha value is -11.6. The van der Waals surface area contributed by atoms with E-state index in [1.54, 1.807) is 78.0 Å². The highest BCUT2D eigenvalue weighted by Gasteiger charge is 2.62. The van der Waals surface area contributed by atoms with Gasteiger partial charge in [-0.2, -0.15) is 87.8 Å². The van der Waals surface area contributed by atoms with E-state index < -0.39 is 89.3 Å². The average Bonchev–Trinajstić information content (AvgIpc) is 1.24. The Morgan fingerprint density at radius 1 is 0.303 bits per heavy atom. The quantitative estimate of drug-likeness (QED) is 0.0408. The van der Waals surface area contributed by atoms with Crippen molar-refractivity contribution in [3.63, 3.8) is 0 Å². The maximum atomic E-state index is 14.4. The van der Waals surface area contributed by atoms with Crippen LogP contribution < -0.4 is 0 Å². The number of alkyl halides is 20. The van der Waals surface area contributed by atoms with Crippen molar-refractivity contribution in [1.29, 1.82) is 0 Å². The molecule has 0 radical (unpaired) electrons. The second-order valence-corrected chi connectivity index (χ2v) is 30.0. The third-order valence-electron chi connectivity index (χ3n) is 21.3. The van der Waals surface area contributed by atoms with Gasteiger partial charge in [0.25, 0.3) is 0 Å². The molecule has 2 aromatic heterocycles. The van der Waals surface area contributed by atoms with Crippen LogP contribution in [-0.2, 0) is 18.6 Å². The molecule has 15 rings (SSSR count). The molecular formula is C92H70B2F20N4O4. The number of nitrogens with zero attached hydrogens (tertiary/aromatic N) is 4. The molecule has 30 heteroatoms. The molecule has 2 aliphatic heterocycles. The summed E-state index contributed by atoms with van der Waals surface area (Å²) >= 11 is 0. The molecule has 0 fully saturated rings. The molecule has 0 spiro atoms. The normalized spacial score (nSPS) is 14.9. The Balaban J connectivity index is 0.000000200. The van der Waals surface area contributed by atoms with Crippen LogP contribution in [0.15, 0.2) is 263 Å². The van der Waals surface area contributed by atoms with E-state index in [1.807, 2.05) is 133 Å². The van der Waals surface area contributed by atoms with Gasteiger partial charge in [-0.25, -0.2) is 0 Å². The Kier molecular flexibility index (Phi) is 23.2. The lowest BCUT2D eigenvalue weighted by molar-refractivity contribution is -0.296. The van der Waals surface area contributed by atoms with Gasteiger partial charge in [-0.15, -0.1) is 0 Å². The molecule has 0 saturated heterocycles. The number of aryl methyl sites for hydroxylation is 4. The van der Waals surface area contributed by atoms with Crippen LogP contribution >= 0.6 is 0 Å². The maximum absolute atomic E-state index is 14.4. The van der Waals surface area contributed by atoms with Crippen molar-refractivity contribution in [3.05, 3.63) is 298 Å². The molecule has 0 unspecified atom stereocenters. The lowest BCUT2D eigenvalue weighted by Crippen LogP contribution is -2.48. The first-order valence-electron chi connectivity index (χ1n) is 37.9. The summed E-state index contributed by atoms with van der Waals surface area (Å²) < 4.78 is 296. The largest absolute Gasteiger partial charge is 0.598 e. The monoisotopic (exact) mass is 1700 g/mol. The fourth-order valence-corrected chi connectivity index (χ4v) is 15.8. The highest BCUT2D eigenvalue weighted by atomic mass is 19.4. The predicted octanol–water partition coefficient (Wildman–Crippen LogP) is 27.0. The lowest BCUT2D eigenvalue weighted by Gasteiger charge is -2.28. The summed E-state index contributed by atoms with van der Waals surface area (Å²) in [7, 11) is -5.25. The molecule has 0 aliphatic carbocycles. The molecular weight excluding hydrogens is 1630 g/mol. The second kappa shape index (κ2) is 32.7. The van der Waals surface area contributed by atoms with Gasteiger partial charge in [0.05, 0.1) is 11.4 Å². The van der Waals surface area contributed by atoms with Crippen molar-refractivity contribution in [2.75, 3.05) is 26.4 Å². The first-order valence-corrected chi connectivity index (χ1v) is 37.9. The van der Waals surface area contributed by atoms with Crippen LogP contribution in [0.25, 0.3) is 109 Å². The summed E-state index contributed by atoms with van der Waals surface area (Å²) in [6.07, 6.45) is -21.1. The van der Waals surface area contributed by atoms with E-state index in [2.05, 4.69) is 48.5 Å². The van der Waals surface area contributed by atoms with E-state index in [0.29, 0.717) is 67.0 Å². The lowest BCUT2D eigenvalue weighted by atomic mass is 9.83. The summed E-state index contributed by atoms with van der Waals surface area (Å²) in [6.45, 7) is 2.94. The van der Waals surface area contributed by atoms with Gasteiger partial charge in [0.2, 0.25) is 0 Å². The number of halogens is 20. The zero-order valence-electron chi connectivity index (χ0n) is 65.9. The number of hydrogen-bond acceptors (Lipinski definition) is 6. The molecule has 13 aromatic rings. The van der Waals surface area contributed by atoms with Crippen LogP contribution in [0.5, 0.6) is 0 Å². The van der Waals surface area contributed by atoms with Gasteiger partial charge >= 0.3 is 62.9 Å². The van der Waals surface area contributed by atoms with Gasteiger partial charge in [0.1, 0.15) is 26.4 Å². The van der Waals surface area contributed by atoms with Gasteiger partial charge in [0, 0.05) is 50.9 Å². The highest BCUT2D eigenvalue weighted by Crippen LogP contribution is 2.51. The minimum Gasteiger partial charge on any atom is -0.385 e. The molecule has 628 valence electrons. The summed E-state index contributed by atoms with van der Waals surface area (Å²) in [4.78, 5) is 9.51. The van der Waals surface area contributed by atoms with Crippen LogP contribution in [-0.4, -0.2) is 110 Å². The SMILES string of the molecule is CC1=CC(C)=N/C1=C(/c1c2ccccc2c(-c2ccc3ccccc3c2)c2ccccc12)c1c(C)cc(C)n1B(OCC(F)(F)C(F)(F)F)OCC(F)(F)C(F)(F)F.CC1=CC(C)=N/C1=C(/c1ccc(-c2c3ccccc3c(-c3ccc4ccccc4c3)c3ccccc23)cc1)c1c(C)cc(C)n1B(OCC(F)(F)C(F)(F)F)OCC(F)(F)C(F)(F)F. The summed E-state index contributed by atoms with van der Waals surface area (Å²) in [5, 5.41) is 10.9. The van der Waals surface area contributed by atoms with Crippen LogP contribution in [0.4, 0.5) is 87.8 Å². The molecule has 122 heavy (non-hydrogen) atoms. The number of hydrogen-bond donors (Lipinski definition) is 0. The minimum absolute atomic E-state index is 0.0118. The van der Waals surface area contributed by atoms with Gasteiger partial charge in [-0.05, 0) is 218 Å². The van der Waals surface area contributed by atoms with Crippen molar-refractivity contribution in [2.45, 2.75) is 104 Å². The van der Waals surface area contributed by atoms with E-state index in [0.717, 1.165) is 96.2 Å². The third-order valence-corrected chi connectivity index (χ3v) is 21.3.